The number of hydrogen-bond donors (Lipinski definition) is 0. The minimum absolute atomic E-state index is 0.184. The zero-order valence-electron chi connectivity index (χ0n) is 12.5. The second-order valence-electron chi connectivity index (χ2n) is 4.76. The monoisotopic (exact) mass is 357 g/mol. The number of rotatable bonds is 6. The summed E-state index contributed by atoms with van der Waals surface area (Å²) in [4.78, 5) is 0. The highest BCUT2D eigenvalue weighted by Crippen LogP contribution is 2.24. The predicted molar refractivity (Wildman–Crippen MR) is 90.8 cm³/mol. The summed E-state index contributed by atoms with van der Waals surface area (Å²) in [7, 11) is 0. The molecule has 0 saturated heterocycles. The summed E-state index contributed by atoms with van der Waals surface area (Å²) in [5.74, 6) is 1.65. The molecule has 3 aromatic rings. The zero-order valence-corrected chi connectivity index (χ0v) is 14.0. The molecule has 0 aliphatic carbocycles. The van der Waals surface area contributed by atoms with E-state index in [2.05, 4.69) is 16.3 Å². The molecular weight excluding hydrogens is 346 g/mol. The van der Waals surface area contributed by atoms with E-state index >= 15 is 0 Å². The molecule has 0 saturated carbocycles. The van der Waals surface area contributed by atoms with Crippen LogP contribution in [0, 0.1) is 11.3 Å². The van der Waals surface area contributed by atoms with Crippen molar-refractivity contribution in [1.29, 1.82) is 5.26 Å². The molecule has 0 N–H and O–H groups in total. The number of ether oxygens (including phenoxy) is 1. The predicted octanol–water partition coefficient (Wildman–Crippen LogP) is 4.47. The molecule has 24 heavy (non-hydrogen) atoms. The van der Waals surface area contributed by atoms with Gasteiger partial charge < -0.3 is 9.15 Å². The van der Waals surface area contributed by atoms with E-state index < -0.39 is 0 Å². The molecule has 5 nitrogen and oxygen atoms in total. The Labute approximate surface area is 148 Å². The van der Waals surface area contributed by atoms with Gasteiger partial charge in [-0.15, -0.1) is 10.2 Å². The van der Waals surface area contributed by atoms with Crippen molar-refractivity contribution in [3.05, 3.63) is 70.6 Å². The van der Waals surface area contributed by atoms with Crippen molar-refractivity contribution in [2.45, 2.75) is 17.6 Å². The number of nitrogens with zero attached hydrogens (tertiary/aromatic N) is 3. The molecule has 0 aliphatic heterocycles. The third-order valence-corrected chi connectivity index (χ3v) is 4.23. The Balaban J connectivity index is 1.55. The molecular formula is C17H12ClN3O2S. The molecule has 0 atom stereocenters. The maximum absolute atomic E-state index is 9.08. The van der Waals surface area contributed by atoms with Gasteiger partial charge in [-0.05, 0) is 35.9 Å². The molecule has 7 heteroatoms. The summed E-state index contributed by atoms with van der Waals surface area (Å²) >= 11 is 7.20. The van der Waals surface area contributed by atoms with Crippen LogP contribution in [0.4, 0.5) is 0 Å². The van der Waals surface area contributed by atoms with Gasteiger partial charge in [0.1, 0.15) is 5.75 Å². The van der Waals surface area contributed by atoms with Crippen LogP contribution in [0.2, 0.25) is 5.02 Å². The van der Waals surface area contributed by atoms with E-state index in [4.69, 9.17) is 26.0 Å². The number of hydrogen-bond acceptors (Lipinski definition) is 6. The largest absolute Gasteiger partial charge is 0.484 e. The fourth-order valence-electron chi connectivity index (χ4n) is 1.93. The fraction of sp³-hybridized carbons (Fsp3) is 0.118. The quantitative estimate of drug-likeness (QED) is 0.606. The molecule has 2 aromatic carbocycles. The third-order valence-electron chi connectivity index (χ3n) is 3.11. The number of thioether (sulfide) groups is 1. The van der Waals surface area contributed by atoms with Crippen LogP contribution in [0.1, 0.15) is 17.0 Å². The summed E-state index contributed by atoms with van der Waals surface area (Å²) in [5, 5.41) is 18.1. The Kier molecular flexibility index (Phi) is 5.36. The molecule has 3 rings (SSSR count). The Bertz CT molecular complexity index is 859. The molecule has 0 amide bonds. The van der Waals surface area contributed by atoms with Gasteiger partial charge in [-0.3, -0.25) is 0 Å². The first kappa shape index (κ1) is 16.4. The van der Waals surface area contributed by atoms with E-state index in [1.54, 1.807) is 30.3 Å². The summed E-state index contributed by atoms with van der Waals surface area (Å²) in [6.07, 6.45) is 0. The lowest BCUT2D eigenvalue weighted by Crippen LogP contribution is -1.95. The van der Waals surface area contributed by atoms with Gasteiger partial charge in [0.25, 0.3) is 11.1 Å². The smallest absolute Gasteiger partial charge is 0.277 e. The summed E-state index contributed by atoms with van der Waals surface area (Å²) in [5.41, 5.74) is 1.58. The average molecular weight is 358 g/mol. The van der Waals surface area contributed by atoms with Crippen molar-refractivity contribution in [2.75, 3.05) is 0 Å². The van der Waals surface area contributed by atoms with Crippen molar-refractivity contribution < 1.29 is 9.15 Å². The molecule has 0 spiro atoms. The van der Waals surface area contributed by atoms with Crippen molar-refractivity contribution in [1.82, 2.24) is 10.2 Å². The van der Waals surface area contributed by atoms with E-state index in [0.29, 0.717) is 33.2 Å². The van der Waals surface area contributed by atoms with Gasteiger partial charge in [-0.1, -0.05) is 41.6 Å². The van der Waals surface area contributed by atoms with E-state index in [9.17, 15) is 0 Å². The number of halogens is 1. The van der Waals surface area contributed by atoms with Gasteiger partial charge in [0, 0.05) is 10.8 Å². The Hall–Kier alpha value is -2.49. The second-order valence-corrected chi connectivity index (χ2v) is 6.12. The number of nitriles is 1. The van der Waals surface area contributed by atoms with Crippen molar-refractivity contribution in [3.63, 3.8) is 0 Å². The Morgan fingerprint density at radius 3 is 2.71 bits per heavy atom. The van der Waals surface area contributed by atoms with Crippen molar-refractivity contribution in [2.24, 2.45) is 0 Å². The van der Waals surface area contributed by atoms with E-state index in [1.807, 2.05) is 18.2 Å². The van der Waals surface area contributed by atoms with E-state index in [-0.39, 0.29) is 6.61 Å². The average Bonchev–Trinajstić information content (AvgIpc) is 3.07. The highest BCUT2D eigenvalue weighted by molar-refractivity contribution is 7.98. The molecule has 120 valence electrons. The highest BCUT2D eigenvalue weighted by atomic mass is 35.5. The van der Waals surface area contributed by atoms with E-state index in [1.165, 1.54) is 11.8 Å². The molecule has 1 aromatic heterocycles. The van der Waals surface area contributed by atoms with Crippen LogP contribution in [0.25, 0.3) is 0 Å². The van der Waals surface area contributed by atoms with Crippen molar-refractivity contribution >= 4 is 23.4 Å². The van der Waals surface area contributed by atoms with Crippen LogP contribution in [0.15, 0.2) is 58.2 Å². The van der Waals surface area contributed by atoms with Crippen LogP contribution >= 0.6 is 23.4 Å². The second kappa shape index (κ2) is 7.86. The first-order valence-electron chi connectivity index (χ1n) is 7.06. The summed E-state index contributed by atoms with van der Waals surface area (Å²) in [6, 6.07) is 16.6. The molecule has 0 aliphatic rings. The van der Waals surface area contributed by atoms with E-state index in [0.717, 1.165) is 5.56 Å². The summed E-state index contributed by atoms with van der Waals surface area (Å²) < 4.78 is 11.1. The maximum Gasteiger partial charge on any atom is 0.277 e. The Morgan fingerprint density at radius 1 is 1.12 bits per heavy atom. The van der Waals surface area contributed by atoms with Gasteiger partial charge in [-0.25, -0.2) is 0 Å². The fourth-order valence-corrected chi connectivity index (χ4v) is 2.84. The molecule has 0 unspecified atom stereocenters. The first-order chi connectivity index (χ1) is 11.7. The molecule has 0 bridgehead atoms. The maximum atomic E-state index is 9.08. The van der Waals surface area contributed by atoms with Gasteiger partial charge >= 0.3 is 0 Å². The van der Waals surface area contributed by atoms with Crippen molar-refractivity contribution in [3.8, 4) is 11.8 Å². The van der Waals surface area contributed by atoms with Crippen LogP contribution in [-0.4, -0.2) is 10.2 Å². The third kappa shape index (κ3) is 4.28. The minimum Gasteiger partial charge on any atom is -0.484 e. The highest BCUT2D eigenvalue weighted by Gasteiger charge is 2.09. The standard InChI is InChI=1S/C17H12ClN3O2S/c18-14-5-7-15(8-6-14)22-10-16-20-21-17(23-16)24-11-13-4-2-1-3-12(13)9-19/h1-8H,10-11H2. The molecule has 0 radical (unpaired) electrons. The Morgan fingerprint density at radius 2 is 1.92 bits per heavy atom. The number of benzene rings is 2. The number of aromatic nitrogens is 2. The molecule has 1 heterocycles. The SMILES string of the molecule is N#Cc1ccccc1CSc1nnc(COc2ccc(Cl)cc2)o1. The topological polar surface area (TPSA) is 71.9 Å². The van der Waals surface area contributed by atoms with Gasteiger partial charge in [-0.2, -0.15) is 5.26 Å². The minimum atomic E-state index is 0.184. The van der Waals surface area contributed by atoms with Gasteiger partial charge in [0.05, 0.1) is 11.6 Å². The van der Waals surface area contributed by atoms with Gasteiger partial charge in [0.2, 0.25) is 0 Å². The van der Waals surface area contributed by atoms with Crippen LogP contribution < -0.4 is 4.74 Å². The zero-order chi connectivity index (χ0) is 16.8. The first-order valence-corrected chi connectivity index (χ1v) is 8.42. The van der Waals surface area contributed by atoms with Crippen LogP contribution in [0.5, 0.6) is 5.75 Å². The van der Waals surface area contributed by atoms with Crippen LogP contribution in [-0.2, 0) is 12.4 Å². The normalized spacial score (nSPS) is 10.3. The summed E-state index contributed by atoms with van der Waals surface area (Å²) in [6.45, 7) is 0.184. The lowest BCUT2D eigenvalue weighted by molar-refractivity contribution is 0.252. The van der Waals surface area contributed by atoms with Gasteiger partial charge in [0.15, 0.2) is 6.61 Å². The van der Waals surface area contributed by atoms with Crippen LogP contribution in [0.3, 0.4) is 0 Å². The lowest BCUT2D eigenvalue weighted by atomic mass is 10.1. The molecule has 0 fully saturated rings. The lowest BCUT2D eigenvalue weighted by Gasteiger charge is -2.02.